The smallest absolute Gasteiger partial charge is 0.434 e. The minimum Gasteiger partial charge on any atom is -0.465 e. The number of methoxy groups -OCH3 is 1. The molecule has 0 aliphatic rings. The van der Waals surface area contributed by atoms with Crippen molar-refractivity contribution in [1.29, 1.82) is 0 Å². The third kappa shape index (κ3) is 2.44. The van der Waals surface area contributed by atoms with Crippen LogP contribution in [0, 0.1) is 6.92 Å². The van der Waals surface area contributed by atoms with Gasteiger partial charge >= 0.3 is 12.1 Å². The molecule has 16 heavy (non-hydrogen) atoms. The largest absolute Gasteiger partial charge is 0.465 e. The summed E-state index contributed by atoms with van der Waals surface area (Å²) in [5, 5.41) is -0.745. The molecule has 1 rings (SSSR count). The van der Waals surface area contributed by atoms with E-state index >= 15 is 0 Å². The van der Waals surface area contributed by atoms with Gasteiger partial charge in [-0.3, -0.25) is 0 Å². The topological polar surface area (TPSA) is 39.2 Å². The zero-order valence-electron chi connectivity index (χ0n) is 8.35. The molecule has 0 amide bonds. The highest BCUT2D eigenvalue weighted by Gasteiger charge is 2.37. The van der Waals surface area contributed by atoms with Crippen molar-refractivity contribution < 1.29 is 22.7 Å². The predicted molar refractivity (Wildman–Crippen MR) is 50.3 cm³/mol. The van der Waals surface area contributed by atoms with E-state index < -0.39 is 22.9 Å². The molecule has 1 aromatic rings. The quantitative estimate of drug-likeness (QED) is 0.723. The van der Waals surface area contributed by atoms with Gasteiger partial charge in [0.1, 0.15) is 0 Å². The molecular formula is C9H7ClF3NO2. The molecule has 0 aliphatic carbocycles. The second kappa shape index (κ2) is 4.29. The average molecular weight is 254 g/mol. The van der Waals surface area contributed by atoms with Crippen LogP contribution < -0.4 is 0 Å². The molecule has 0 saturated heterocycles. The molecule has 0 spiro atoms. The molecule has 0 aliphatic heterocycles. The van der Waals surface area contributed by atoms with Crippen molar-refractivity contribution in [2.75, 3.05) is 7.11 Å². The van der Waals surface area contributed by atoms with E-state index in [1.165, 1.54) is 6.92 Å². The predicted octanol–water partition coefficient (Wildman–Crippen LogP) is 2.85. The van der Waals surface area contributed by atoms with Gasteiger partial charge in [-0.2, -0.15) is 13.2 Å². The van der Waals surface area contributed by atoms with Crippen molar-refractivity contribution in [3.63, 3.8) is 0 Å². The lowest BCUT2D eigenvalue weighted by atomic mass is 10.2. The Bertz CT molecular complexity index is 431. The highest BCUT2D eigenvalue weighted by molar-refractivity contribution is 6.34. The fourth-order valence-electron chi connectivity index (χ4n) is 1.10. The van der Waals surface area contributed by atoms with Crippen molar-refractivity contribution in [3.05, 3.63) is 28.0 Å². The normalized spacial score (nSPS) is 11.4. The summed E-state index contributed by atoms with van der Waals surface area (Å²) in [6.07, 6.45) is -4.70. The Morgan fingerprint density at radius 3 is 2.50 bits per heavy atom. The van der Waals surface area contributed by atoms with Crippen molar-refractivity contribution in [2.45, 2.75) is 13.1 Å². The van der Waals surface area contributed by atoms with Crippen molar-refractivity contribution in [3.8, 4) is 0 Å². The molecule has 0 unspecified atom stereocenters. The van der Waals surface area contributed by atoms with Crippen LogP contribution in [0.4, 0.5) is 13.2 Å². The van der Waals surface area contributed by atoms with E-state index in [1.807, 2.05) is 0 Å². The molecule has 0 radical (unpaired) electrons. The molecule has 0 fully saturated rings. The first-order valence-electron chi connectivity index (χ1n) is 4.10. The Labute approximate surface area is 94.2 Å². The van der Waals surface area contributed by atoms with Crippen LogP contribution in [0.1, 0.15) is 21.7 Å². The van der Waals surface area contributed by atoms with Gasteiger partial charge in [0.2, 0.25) is 0 Å². The maximum Gasteiger partial charge on any atom is 0.434 e. The van der Waals surface area contributed by atoms with Gasteiger partial charge in [0.05, 0.1) is 17.7 Å². The molecule has 0 saturated carbocycles. The van der Waals surface area contributed by atoms with Gasteiger partial charge in [0.25, 0.3) is 0 Å². The molecule has 88 valence electrons. The number of ether oxygens (including phenoxy) is 1. The number of rotatable bonds is 1. The van der Waals surface area contributed by atoms with Crippen LogP contribution in [0.25, 0.3) is 0 Å². The average Bonchev–Trinajstić information content (AvgIpc) is 2.18. The first-order valence-corrected chi connectivity index (χ1v) is 4.47. The Morgan fingerprint density at radius 2 is 2.06 bits per heavy atom. The summed E-state index contributed by atoms with van der Waals surface area (Å²) in [5.74, 6) is -0.930. The number of alkyl halides is 3. The molecule has 3 nitrogen and oxygen atoms in total. The third-order valence-electron chi connectivity index (χ3n) is 1.76. The number of aromatic nitrogens is 1. The Balaban J connectivity index is 3.44. The number of esters is 1. The lowest BCUT2D eigenvalue weighted by Crippen LogP contribution is -2.14. The van der Waals surface area contributed by atoms with Crippen LogP contribution in [0.15, 0.2) is 6.07 Å². The molecule has 0 atom stereocenters. The van der Waals surface area contributed by atoms with Gasteiger partial charge in [-0.05, 0) is 13.0 Å². The number of nitrogens with zero attached hydrogens (tertiary/aromatic N) is 1. The monoisotopic (exact) mass is 253 g/mol. The van der Waals surface area contributed by atoms with Gasteiger partial charge in [-0.25, -0.2) is 9.78 Å². The molecule has 1 aromatic heterocycles. The molecular weight excluding hydrogens is 247 g/mol. The lowest BCUT2D eigenvalue weighted by Gasteiger charge is -2.11. The first-order chi connectivity index (χ1) is 7.27. The summed E-state index contributed by atoms with van der Waals surface area (Å²) in [5.41, 5.74) is -1.59. The van der Waals surface area contributed by atoms with E-state index in [-0.39, 0.29) is 11.3 Å². The van der Waals surface area contributed by atoms with Crippen LogP contribution in [0.3, 0.4) is 0 Å². The van der Waals surface area contributed by atoms with E-state index in [4.69, 9.17) is 11.6 Å². The Kier molecular flexibility index (Phi) is 3.42. The highest BCUT2D eigenvalue weighted by Crippen LogP contribution is 2.35. The molecule has 0 aromatic carbocycles. The third-order valence-corrected chi connectivity index (χ3v) is 2.14. The molecule has 0 bridgehead atoms. The Hall–Kier alpha value is -1.30. The minimum absolute atomic E-state index is 0.0390. The van der Waals surface area contributed by atoms with E-state index in [2.05, 4.69) is 9.72 Å². The van der Waals surface area contributed by atoms with Crippen molar-refractivity contribution >= 4 is 17.6 Å². The molecule has 1 heterocycles. The molecule has 0 N–H and O–H groups in total. The fraction of sp³-hybridized carbons (Fsp3) is 0.333. The van der Waals surface area contributed by atoms with Crippen LogP contribution >= 0.6 is 11.6 Å². The summed E-state index contributed by atoms with van der Waals surface area (Å²) in [4.78, 5) is 14.4. The summed E-state index contributed by atoms with van der Waals surface area (Å²) in [7, 11) is 1.06. The Morgan fingerprint density at radius 1 is 1.50 bits per heavy atom. The fourth-order valence-corrected chi connectivity index (χ4v) is 1.38. The maximum absolute atomic E-state index is 12.5. The second-order valence-corrected chi connectivity index (χ2v) is 3.34. The summed E-state index contributed by atoms with van der Waals surface area (Å²) < 4.78 is 41.8. The van der Waals surface area contributed by atoms with E-state index in [0.29, 0.717) is 0 Å². The number of hydrogen-bond donors (Lipinski definition) is 0. The maximum atomic E-state index is 12.5. The van der Waals surface area contributed by atoms with Crippen LogP contribution in [0.2, 0.25) is 5.02 Å². The SMILES string of the molecule is COC(=O)c1cc(C)nc(C(F)(F)F)c1Cl. The number of hydrogen-bond acceptors (Lipinski definition) is 3. The van der Waals surface area contributed by atoms with E-state index in [9.17, 15) is 18.0 Å². The van der Waals surface area contributed by atoms with Crippen LogP contribution in [-0.4, -0.2) is 18.1 Å². The number of halogens is 4. The van der Waals surface area contributed by atoms with Gasteiger partial charge in [0, 0.05) is 5.69 Å². The highest BCUT2D eigenvalue weighted by atomic mass is 35.5. The number of pyridine rings is 1. The van der Waals surface area contributed by atoms with E-state index in [0.717, 1.165) is 13.2 Å². The van der Waals surface area contributed by atoms with Crippen molar-refractivity contribution in [2.24, 2.45) is 0 Å². The zero-order valence-corrected chi connectivity index (χ0v) is 9.11. The second-order valence-electron chi connectivity index (χ2n) is 2.96. The van der Waals surface area contributed by atoms with Crippen molar-refractivity contribution in [1.82, 2.24) is 4.98 Å². The summed E-state index contributed by atoms with van der Waals surface area (Å²) in [6, 6.07) is 1.14. The van der Waals surface area contributed by atoms with Gasteiger partial charge < -0.3 is 4.74 Å². The number of aryl methyl sites for hydroxylation is 1. The van der Waals surface area contributed by atoms with Crippen LogP contribution in [-0.2, 0) is 10.9 Å². The first kappa shape index (κ1) is 12.8. The standard InChI is InChI=1S/C9H7ClF3NO2/c1-4-3-5(8(15)16-2)6(10)7(14-4)9(11,12)13/h3H,1-2H3. The molecule has 7 heteroatoms. The summed E-state index contributed by atoms with van der Waals surface area (Å²) >= 11 is 5.46. The van der Waals surface area contributed by atoms with Gasteiger partial charge in [-0.15, -0.1) is 0 Å². The zero-order chi connectivity index (χ0) is 12.5. The number of carbonyl (C=O) groups excluding carboxylic acids is 1. The van der Waals surface area contributed by atoms with Gasteiger partial charge in [-0.1, -0.05) is 11.6 Å². The van der Waals surface area contributed by atoms with Gasteiger partial charge in [0.15, 0.2) is 5.69 Å². The van der Waals surface area contributed by atoms with Crippen LogP contribution in [0.5, 0.6) is 0 Å². The number of carbonyl (C=O) groups is 1. The lowest BCUT2D eigenvalue weighted by molar-refractivity contribution is -0.141. The summed E-state index contributed by atoms with van der Waals surface area (Å²) in [6.45, 7) is 1.33. The van der Waals surface area contributed by atoms with E-state index in [1.54, 1.807) is 0 Å². The minimum atomic E-state index is -4.70.